The number of aromatic nitrogens is 3. The molecule has 0 aliphatic carbocycles. The lowest BCUT2D eigenvalue weighted by molar-refractivity contribution is 0.267. The third kappa shape index (κ3) is 5.57. The molecule has 3 rings (SSSR count). The van der Waals surface area contributed by atoms with Crippen LogP contribution in [-0.4, -0.2) is 57.8 Å². The van der Waals surface area contributed by atoms with E-state index in [1.165, 1.54) is 24.3 Å². The summed E-state index contributed by atoms with van der Waals surface area (Å²) >= 11 is 1.80. The largest absolute Gasteiger partial charge is 0.355 e. The predicted octanol–water partition coefficient (Wildman–Crippen LogP) is 2.68. The van der Waals surface area contributed by atoms with Crippen LogP contribution in [0.4, 0.5) is 0 Å². The highest BCUT2D eigenvalue weighted by Crippen LogP contribution is 2.26. The molecule has 1 fully saturated rings. The Balaban J connectivity index is 1.66. The van der Waals surface area contributed by atoms with Crippen molar-refractivity contribution in [1.29, 1.82) is 0 Å². The van der Waals surface area contributed by atoms with Crippen LogP contribution < -0.4 is 10.6 Å². The third-order valence-corrected chi connectivity index (χ3v) is 7.09. The number of aliphatic imine (C=N–C) groups is 1. The maximum absolute atomic E-state index is 4.82. The first-order valence-corrected chi connectivity index (χ1v) is 11.4. The molecule has 2 aromatic heterocycles. The van der Waals surface area contributed by atoms with Gasteiger partial charge in [-0.1, -0.05) is 26.8 Å². The number of likely N-dealkylation sites (tertiary alicyclic amines) is 1. The Kier molecular flexibility index (Phi) is 7.29. The van der Waals surface area contributed by atoms with Crippen molar-refractivity contribution in [2.24, 2.45) is 12.0 Å². The Labute approximate surface area is 178 Å². The number of thiophene rings is 1. The van der Waals surface area contributed by atoms with Crippen molar-refractivity contribution in [1.82, 2.24) is 30.3 Å². The van der Waals surface area contributed by atoms with E-state index < -0.39 is 0 Å². The van der Waals surface area contributed by atoms with Crippen LogP contribution in [0.5, 0.6) is 0 Å². The molecule has 1 unspecified atom stereocenters. The van der Waals surface area contributed by atoms with Crippen molar-refractivity contribution in [3.05, 3.63) is 34.0 Å². The second-order valence-electron chi connectivity index (χ2n) is 8.41. The van der Waals surface area contributed by atoms with Crippen LogP contribution in [-0.2, 0) is 19.0 Å². The standard InChI is InChI=1S/C21H35N7S/c1-6-28-11-7-9-17(28)13-22-20(23-14-19-26-25-16(2)27(19)5)24-15-21(3,4)18-10-8-12-29-18/h8,10,12,17H,6-7,9,11,13-15H2,1-5H3,(H2,22,23,24). The van der Waals surface area contributed by atoms with Gasteiger partial charge in [0.1, 0.15) is 12.4 Å². The zero-order valence-corrected chi connectivity index (χ0v) is 19.2. The predicted molar refractivity (Wildman–Crippen MR) is 120 cm³/mol. The average Bonchev–Trinajstić information content (AvgIpc) is 3.45. The summed E-state index contributed by atoms with van der Waals surface area (Å²) in [6, 6.07) is 4.90. The summed E-state index contributed by atoms with van der Waals surface area (Å²) < 4.78 is 1.99. The smallest absolute Gasteiger partial charge is 0.191 e. The van der Waals surface area contributed by atoms with Crippen molar-refractivity contribution < 1.29 is 0 Å². The summed E-state index contributed by atoms with van der Waals surface area (Å²) in [5.41, 5.74) is 0.0425. The average molecular weight is 418 g/mol. The minimum absolute atomic E-state index is 0.0425. The molecule has 7 nitrogen and oxygen atoms in total. The Morgan fingerprint density at radius 2 is 2.17 bits per heavy atom. The van der Waals surface area contributed by atoms with Gasteiger partial charge in [0.2, 0.25) is 0 Å². The van der Waals surface area contributed by atoms with Crippen molar-refractivity contribution in [3.63, 3.8) is 0 Å². The molecule has 1 saturated heterocycles. The molecule has 1 aliphatic rings. The van der Waals surface area contributed by atoms with Gasteiger partial charge in [-0.15, -0.1) is 21.5 Å². The molecule has 0 bridgehead atoms. The fourth-order valence-electron chi connectivity index (χ4n) is 3.73. The molecule has 2 N–H and O–H groups in total. The fraction of sp³-hybridized carbons (Fsp3) is 0.667. The molecule has 0 spiro atoms. The number of guanidine groups is 1. The van der Waals surface area contributed by atoms with E-state index in [2.05, 4.69) is 64.0 Å². The molecule has 3 heterocycles. The summed E-state index contributed by atoms with van der Waals surface area (Å²) in [4.78, 5) is 8.74. The SMILES string of the molecule is CCN1CCCC1CNC(=NCc1nnc(C)n1C)NCC(C)(C)c1cccs1. The first-order chi connectivity index (χ1) is 13.9. The summed E-state index contributed by atoms with van der Waals surface area (Å²) in [5, 5.41) is 17.7. The molecule has 160 valence electrons. The van der Waals surface area contributed by atoms with E-state index in [0.29, 0.717) is 12.6 Å². The van der Waals surface area contributed by atoms with Crippen LogP contribution in [0.15, 0.2) is 22.5 Å². The normalized spacial score (nSPS) is 18.4. The van der Waals surface area contributed by atoms with Gasteiger partial charge in [-0.3, -0.25) is 4.90 Å². The van der Waals surface area contributed by atoms with Gasteiger partial charge >= 0.3 is 0 Å². The quantitative estimate of drug-likeness (QED) is 0.510. The molecule has 0 radical (unpaired) electrons. The Hall–Kier alpha value is -1.93. The second-order valence-corrected chi connectivity index (χ2v) is 9.36. The number of nitrogens with zero attached hydrogens (tertiary/aromatic N) is 5. The van der Waals surface area contributed by atoms with Crippen molar-refractivity contribution in [2.45, 2.75) is 58.5 Å². The minimum atomic E-state index is 0.0425. The maximum atomic E-state index is 4.82. The molecular weight excluding hydrogens is 382 g/mol. The lowest BCUT2D eigenvalue weighted by Gasteiger charge is -2.27. The Morgan fingerprint density at radius 1 is 1.34 bits per heavy atom. The molecular formula is C21H35N7S. The van der Waals surface area contributed by atoms with Crippen molar-refractivity contribution >= 4 is 17.3 Å². The van der Waals surface area contributed by atoms with Crippen LogP contribution in [0, 0.1) is 6.92 Å². The van der Waals surface area contributed by atoms with Crippen molar-refractivity contribution in [2.75, 3.05) is 26.2 Å². The summed E-state index contributed by atoms with van der Waals surface area (Å²) in [6.07, 6.45) is 2.53. The molecule has 2 aromatic rings. The summed E-state index contributed by atoms with van der Waals surface area (Å²) in [7, 11) is 1.98. The molecule has 1 aliphatic heterocycles. The number of hydrogen-bond acceptors (Lipinski definition) is 5. The first-order valence-electron chi connectivity index (χ1n) is 10.6. The van der Waals surface area contributed by atoms with E-state index in [4.69, 9.17) is 4.99 Å². The lowest BCUT2D eigenvalue weighted by atomic mass is 9.91. The second kappa shape index (κ2) is 9.71. The van der Waals surface area contributed by atoms with Crippen LogP contribution in [0.1, 0.15) is 50.1 Å². The van der Waals surface area contributed by atoms with Gasteiger partial charge in [-0.05, 0) is 44.3 Å². The van der Waals surface area contributed by atoms with Gasteiger partial charge < -0.3 is 15.2 Å². The monoisotopic (exact) mass is 417 g/mol. The maximum Gasteiger partial charge on any atom is 0.191 e. The van der Waals surface area contributed by atoms with E-state index in [1.54, 1.807) is 11.3 Å². The topological polar surface area (TPSA) is 70.4 Å². The van der Waals surface area contributed by atoms with Crippen LogP contribution >= 0.6 is 11.3 Å². The van der Waals surface area contributed by atoms with Gasteiger partial charge in [0.25, 0.3) is 0 Å². The molecule has 29 heavy (non-hydrogen) atoms. The highest BCUT2D eigenvalue weighted by molar-refractivity contribution is 7.10. The lowest BCUT2D eigenvalue weighted by Crippen LogP contribution is -2.47. The van der Waals surface area contributed by atoms with Crippen LogP contribution in [0.2, 0.25) is 0 Å². The van der Waals surface area contributed by atoms with Crippen molar-refractivity contribution in [3.8, 4) is 0 Å². The zero-order chi connectivity index (χ0) is 20.9. The van der Waals surface area contributed by atoms with Crippen LogP contribution in [0.25, 0.3) is 0 Å². The number of nitrogens with one attached hydrogen (secondary N) is 2. The Bertz CT molecular complexity index is 794. The van der Waals surface area contributed by atoms with E-state index in [-0.39, 0.29) is 5.41 Å². The third-order valence-electron chi connectivity index (χ3n) is 5.86. The molecule has 0 saturated carbocycles. The van der Waals surface area contributed by atoms with Gasteiger partial charge in [0.05, 0.1) is 0 Å². The molecule has 0 aromatic carbocycles. The number of rotatable bonds is 8. The van der Waals surface area contributed by atoms with Gasteiger partial charge in [-0.25, -0.2) is 4.99 Å². The zero-order valence-electron chi connectivity index (χ0n) is 18.4. The van der Waals surface area contributed by atoms with E-state index in [0.717, 1.165) is 37.2 Å². The summed E-state index contributed by atoms with van der Waals surface area (Å²) in [6.45, 7) is 13.3. The highest BCUT2D eigenvalue weighted by atomic mass is 32.1. The first kappa shape index (κ1) is 21.8. The van der Waals surface area contributed by atoms with E-state index in [1.807, 2.05) is 18.5 Å². The van der Waals surface area contributed by atoms with Crippen LogP contribution in [0.3, 0.4) is 0 Å². The number of likely N-dealkylation sites (N-methyl/N-ethyl adjacent to an activating group) is 1. The van der Waals surface area contributed by atoms with E-state index in [9.17, 15) is 0 Å². The number of aryl methyl sites for hydroxylation is 1. The van der Waals surface area contributed by atoms with E-state index >= 15 is 0 Å². The molecule has 8 heteroatoms. The van der Waals surface area contributed by atoms with Gasteiger partial charge in [-0.2, -0.15) is 0 Å². The van der Waals surface area contributed by atoms with Gasteiger partial charge in [0.15, 0.2) is 11.8 Å². The minimum Gasteiger partial charge on any atom is -0.355 e. The van der Waals surface area contributed by atoms with Gasteiger partial charge in [0, 0.05) is 36.5 Å². The number of hydrogen-bond donors (Lipinski definition) is 2. The molecule has 0 amide bonds. The Morgan fingerprint density at radius 3 is 2.83 bits per heavy atom. The highest BCUT2D eigenvalue weighted by Gasteiger charge is 2.24. The molecule has 1 atom stereocenters. The summed E-state index contributed by atoms with van der Waals surface area (Å²) in [5.74, 6) is 2.62. The fourth-order valence-corrected chi connectivity index (χ4v) is 4.58.